The lowest BCUT2D eigenvalue weighted by molar-refractivity contribution is 0.0695. The van der Waals surface area contributed by atoms with Gasteiger partial charge in [0.15, 0.2) is 0 Å². The van der Waals surface area contributed by atoms with Crippen LogP contribution >= 0.6 is 0 Å². The van der Waals surface area contributed by atoms with Crippen LogP contribution < -0.4 is 4.74 Å². The zero-order chi connectivity index (χ0) is 16.3. The van der Waals surface area contributed by atoms with Gasteiger partial charge in [-0.15, -0.1) is 0 Å². The van der Waals surface area contributed by atoms with Crippen LogP contribution in [0.4, 0.5) is 0 Å². The molecule has 0 radical (unpaired) electrons. The molecule has 114 valence electrons. The Morgan fingerprint density at radius 3 is 2.09 bits per heavy atom. The van der Waals surface area contributed by atoms with Gasteiger partial charge in [0.2, 0.25) is 0 Å². The number of benzene rings is 2. The van der Waals surface area contributed by atoms with E-state index in [2.05, 4.69) is 0 Å². The summed E-state index contributed by atoms with van der Waals surface area (Å²) in [6.07, 6.45) is 0.409. The summed E-state index contributed by atoms with van der Waals surface area (Å²) in [5, 5.41) is 18.4. The fourth-order valence-corrected chi connectivity index (χ4v) is 2.31. The molecule has 2 rings (SSSR count). The van der Waals surface area contributed by atoms with E-state index in [0.29, 0.717) is 17.5 Å². The monoisotopic (exact) mass is 300 g/mol. The number of aryl methyl sites for hydroxylation is 1. The summed E-state index contributed by atoms with van der Waals surface area (Å²) in [7, 11) is 1.57. The number of aromatic carboxylic acids is 2. The molecule has 0 saturated heterocycles. The molecule has 0 heterocycles. The van der Waals surface area contributed by atoms with Crippen molar-refractivity contribution in [2.24, 2.45) is 0 Å². The Hall–Kier alpha value is -2.82. The highest BCUT2D eigenvalue weighted by molar-refractivity contribution is 5.96. The molecule has 0 saturated carbocycles. The van der Waals surface area contributed by atoms with Crippen LogP contribution in [0.15, 0.2) is 36.4 Å². The molecule has 0 bridgehead atoms. The van der Waals surface area contributed by atoms with E-state index in [0.717, 1.165) is 11.3 Å². The molecule has 2 N–H and O–H groups in total. The van der Waals surface area contributed by atoms with Crippen molar-refractivity contribution in [2.75, 3.05) is 7.11 Å². The number of ether oxygens (including phenoxy) is 1. The number of carboxylic acids is 2. The molecule has 22 heavy (non-hydrogen) atoms. The van der Waals surface area contributed by atoms with Crippen molar-refractivity contribution in [3.05, 3.63) is 64.2 Å². The fraction of sp³-hybridized carbons (Fsp3) is 0.176. The summed E-state index contributed by atoms with van der Waals surface area (Å²) in [6, 6.07) is 10.1. The van der Waals surface area contributed by atoms with Crippen LogP contribution in [-0.4, -0.2) is 29.3 Å². The summed E-state index contributed by atoms with van der Waals surface area (Å²) in [5.74, 6) is -1.54. The van der Waals surface area contributed by atoms with Gasteiger partial charge < -0.3 is 14.9 Å². The molecule has 0 amide bonds. The van der Waals surface area contributed by atoms with Crippen LogP contribution in [0.1, 0.15) is 37.4 Å². The molecule has 0 unspecified atom stereocenters. The highest BCUT2D eigenvalue weighted by Crippen LogP contribution is 2.21. The normalized spacial score (nSPS) is 10.3. The number of carbonyl (C=O) groups is 2. The summed E-state index contributed by atoms with van der Waals surface area (Å²) in [4.78, 5) is 22.5. The highest BCUT2D eigenvalue weighted by atomic mass is 16.5. The van der Waals surface area contributed by atoms with E-state index in [4.69, 9.17) is 9.84 Å². The first-order valence-electron chi connectivity index (χ1n) is 6.65. The molecule has 0 atom stereocenters. The second-order valence-electron chi connectivity index (χ2n) is 4.96. The number of rotatable bonds is 5. The van der Waals surface area contributed by atoms with Gasteiger partial charge in [-0.25, -0.2) is 9.59 Å². The van der Waals surface area contributed by atoms with Gasteiger partial charge in [-0.05, 0) is 48.2 Å². The first kappa shape index (κ1) is 15.6. The first-order valence-corrected chi connectivity index (χ1v) is 6.65. The average Bonchev–Trinajstić information content (AvgIpc) is 2.47. The van der Waals surface area contributed by atoms with Gasteiger partial charge >= 0.3 is 11.9 Å². The Balaban J connectivity index is 2.42. The third-order valence-electron chi connectivity index (χ3n) is 3.46. The lowest BCUT2D eigenvalue weighted by atomic mass is 9.94. The topological polar surface area (TPSA) is 83.8 Å². The number of hydrogen-bond acceptors (Lipinski definition) is 3. The van der Waals surface area contributed by atoms with Gasteiger partial charge in [0.05, 0.1) is 18.2 Å². The predicted octanol–water partition coefficient (Wildman–Crippen LogP) is 2.99. The minimum atomic E-state index is -1.13. The molecule has 0 aromatic heterocycles. The van der Waals surface area contributed by atoms with Gasteiger partial charge in [0.25, 0.3) is 0 Å². The summed E-state index contributed by atoms with van der Waals surface area (Å²) >= 11 is 0. The second kappa shape index (κ2) is 6.30. The van der Waals surface area contributed by atoms with Crippen LogP contribution in [0.2, 0.25) is 0 Å². The Bertz CT molecular complexity index is 717. The standard InChI is InChI=1S/C17H16O5/c1-10-7-12(8-11-3-5-13(22-2)6-4-11)15(17(20)21)9-14(10)16(18)19/h3-7,9H,8H2,1-2H3,(H,18,19)(H,20,21). The van der Waals surface area contributed by atoms with Crippen molar-refractivity contribution < 1.29 is 24.5 Å². The Labute approximate surface area is 127 Å². The minimum Gasteiger partial charge on any atom is -0.497 e. The van der Waals surface area contributed by atoms with Gasteiger partial charge in [-0.1, -0.05) is 18.2 Å². The van der Waals surface area contributed by atoms with E-state index in [-0.39, 0.29) is 11.1 Å². The van der Waals surface area contributed by atoms with Crippen molar-refractivity contribution in [3.8, 4) is 5.75 Å². The van der Waals surface area contributed by atoms with Gasteiger partial charge in [-0.3, -0.25) is 0 Å². The van der Waals surface area contributed by atoms with E-state index in [1.54, 1.807) is 32.2 Å². The molecule has 5 heteroatoms. The number of methoxy groups -OCH3 is 1. The maximum Gasteiger partial charge on any atom is 0.336 e. The molecule has 0 aliphatic rings. The highest BCUT2D eigenvalue weighted by Gasteiger charge is 2.17. The lowest BCUT2D eigenvalue weighted by Crippen LogP contribution is -2.09. The van der Waals surface area contributed by atoms with E-state index < -0.39 is 11.9 Å². The number of hydrogen-bond donors (Lipinski definition) is 2. The van der Waals surface area contributed by atoms with Crippen LogP contribution in [0.5, 0.6) is 5.75 Å². The molecular formula is C17H16O5. The van der Waals surface area contributed by atoms with E-state index in [1.807, 2.05) is 12.1 Å². The Morgan fingerprint density at radius 1 is 1.00 bits per heavy atom. The van der Waals surface area contributed by atoms with Crippen LogP contribution in [0, 0.1) is 6.92 Å². The minimum absolute atomic E-state index is 0.0101. The first-order chi connectivity index (χ1) is 10.4. The molecule has 0 spiro atoms. The van der Waals surface area contributed by atoms with E-state index >= 15 is 0 Å². The largest absolute Gasteiger partial charge is 0.497 e. The SMILES string of the molecule is COc1ccc(Cc2cc(C)c(C(=O)O)cc2C(=O)O)cc1. The molecule has 5 nitrogen and oxygen atoms in total. The summed E-state index contributed by atoms with van der Waals surface area (Å²) in [6.45, 7) is 1.66. The molecule has 0 aliphatic heterocycles. The molecular weight excluding hydrogens is 284 g/mol. The van der Waals surface area contributed by atoms with Gasteiger partial charge in [0, 0.05) is 0 Å². The summed E-state index contributed by atoms with van der Waals surface area (Å²) in [5.41, 5.74) is 2.07. The average molecular weight is 300 g/mol. The van der Waals surface area contributed by atoms with Gasteiger partial charge in [0.1, 0.15) is 5.75 Å². The van der Waals surface area contributed by atoms with E-state index in [1.165, 1.54) is 6.07 Å². The van der Waals surface area contributed by atoms with Crippen molar-refractivity contribution >= 4 is 11.9 Å². The fourth-order valence-electron chi connectivity index (χ4n) is 2.31. The zero-order valence-corrected chi connectivity index (χ0v) is 12.3. The van der Waals surface area contributed by atoms with Crippen LogP contribution in [0.3, 0.4) is 0 Å². The van der Waals surface area contributed by atoms with Crippen molar-refractivity contribution in [1.82, 2.24) is 0 Å². The number of carboxylic acid groups (broad SMARTS) is 2. The van der Waals surface area contributed by atoms with Crippen molar-refractivity contribution in [2.45, 2.75) is 13.3 Å². The Morgan fingerprint density at radius 2 is 1.59 bits per heavy atom. The maximum atomic E-state index is 11.4. The zero-order valence-electron chi connectivity index (χ0n) is 12.3. The Kier molecular flexibility index (Phi) is 4.46. The summed E-state index contributed by atoms with van der Waals surface area (Å²) < 4.78 is 5.08. The second-order valence-corrected chi connectivity index (χ2v) is 4.96. The molecule has 0 aliphatic carbocycles. The lowest BCUT2D eigenvalue weighted by Gasteiger charge is -2.11. The molecule has 2 aromatic carbocycles. The molecule has 0 fully saturated rings. The van der Waals surface area contributed by atoms with Crippen molar-refractivity contribution in [1.29, 1.82) is 0 Å². The smallest absolute Gasteiger partial charge is 0.336 e. The maximum absolute atomic E-state index is 11.4. The van der Waals surface area contributed by atoms with Crippen LogP contribution in [-0.2, 0) is 6.42 Å². The van der Waals surface area contributed by atoms with E-state index in [9.17, 15) is 14.7 Å². The third kappa shape index (κ3) is 3.25. The van der Waals surface area contributed by atoms with Crippen molar-refractivity contribution in [3.63, 3.8) is 0 Å². The predicted molar refractivity (Wildman–Crippen MR) is 80.9 cm³/mol. The quantitative estimate of drug-likeness (QED) is 0.886. The van der Waals surface area contributed by atoms with Gasteiger partial charge in [-0.2, -0.15) is 0 Å². The molecule has 2 aromatic rings. The van der Waals surface area contributed by atoms with Crippen LogP contribution in [0.25, 0.3) is 0 Å². The third-order valence-corrected chi connectivity index (χ3v) is 3.46.